The number of hydrogen-bond donors (Lipinski definition) is 1. The van der Waals surface area contributed by atoms with Crippen LogP contribution in [0.3, 0.4) is 0 Å². The summed E-state index contributed by atoms with van der Waals surface area (Å²) in [4.78, 5) is 10.2. The van der Waals surface area contributed by atoms with Crippen molar-refractivity contribution in [2.75, 3.05) is 13.2 Å². The van der Waals surface area contributed by atoms with Crippen LogP contribution in [-0.2, 0) is 12.7 Å². The molecule has 2 aromatic carbocycles. The average Bonchev–Trinajstić information content (AvgIpc) is 2.87. The minimum Gasteiger partial charge on any atom is -0.492 e. The van der Waals surface area contributed by atoms with Gasteiger partial charge in [-0.25, -0.2) is 9.97 Å². The summed E-state index contributed by atoms with van der Waals surface area (Å²) < 4.78 is 44.2. The predicted molar refractivity (Wildman–Crippen MR) is 99.8 cm³/mol. The van der Waals surface area contributed by atoms with Crippen molar-refractivity contribution in [3.8, 4) is 16.9 Å². The number of ether oxygens (including phenoxy) is 1. The topological polar surface area (TPSA) is 58.5 Å². The predicted octanol–water partition coefficient (Wildman–Crippen LogP) is 4.05. The molecule has 1 unspecified atom stereocenters. The van der Waals surface area contributed by atoms with Gasteiger partial charge in [-0.3, -0.25) is 4.90 Å². The minimum atomic E-state index is -4.38. The van der Waals surface area contributed by atoms with E-state index in [-0.39, 0.29) is 0 Å². The molecule has 8 heteroatoms. The van der Waals surface area contributed by atoms with E-state index in [0.29, 0.717) is 48.0 Å². The first kappa shape index (κ1) is 19.4. The van der Waals surface area contributed by atoms with Crippen LogP contribution in [0.1, 0.15) is 23.2 Å². The molecule has 150 valence electrons. The number of halogens is 3. The van der Waals surface area contributed by atoms with Gasteiger partial charge in [0.15, 0.2) is 0 Å². The molecule has 0 amide bonds. The van der Waals surface area contributed by atoms with Crippen molar-refractivity contribution in [1.82, 2.24) is 14.9 Å². The van der Waals surface area contributed by atoms with Crippen LogP contribution in [0.2, 0.25) is 0 Å². The van der Waals surface area contributed by atoms with Crippen LogP contribution in [0.5, 0.6) is 5.75 Å². The third kappa shape index (κ3) is 4.23. The van der Waals surface area contributed by atoms with Gasteiger partial charge in [0.2, 0.25) is 0 Å². The number of rotatable bonds is 3. The summed E-state index contributed by atoms with van der Waals surface area (Å²) in [6.07, 6.45) is -2.05. The number of nitrogens with zero attached hydrogens (tertiary/aromatic N) is 3. The van der Waals surface area contributed by atoms with E-state index < -0.39 is 18.0 Å². The normalized spacial score (nSPS) is 17.3. The summed E-state index contributed by atoms with van der Waals surface area (Å²) in [6.45, 7) is 1.20. The van der Waals surface area contributed by atoms with E-state index in [1.165, 1.54) is 12.1 Å². The number of hydrogen-bond acceptors (Lipinski definition) is 5. The van der Waals surface area contributed by atoms with Gasteiger partial charge in [-0.15, -0.1) is 0 Å². The number of aliphatic hydroxyl groups is 1. The average molecular weight is 401 g/mol. The van der Waals surface area contributed by atoms with Crippen LogP contribution >= 0.6 is 0 Å². The lowest BCUT2D eigenvalue weighted by atomic mass is 10.00. The summed E-state index contributed by atoms with van der Waals surface area (Å²) in [5.41, 5.74) is 1.16. The molecular weight excluding hydrogens is 383 g/mol. The van der Waals surface area contributed by atoms with Crippen LogP contribution in [-0.4, -0.2) is 33.1 Å². The Morgan fingerprint density at radius 1 is 1.03 bits per heavy atom. The minimum absolute atomic E-state index is 0.343. The SMILES string of the molecule is OC1c2cc(-c3ccc(C(F)(F)F)cc3)ccc2OCCN1Cc1ncccn1. The summed E-state index contributed by atoms with van der Waals surface area (Å²) in [7, 11) is 0. The molecule has 1 aromatic heterocycles. The van der Waals surface area contributed by atoms with Crippen molar-refractivity contribution < 1.29 is 23.0 Å². The first-order valence-corrected chi connectivity index (χ1v) is 9.04. The lowest BCUT2D eigenvalue weighted by Crippen LogP contribution is -2.30. The van der Waals surface area contributed by atoms with E-state index in [2.05, 4.69) is 9.97 Å². The van der Waals surface area contributed by atoms with Gasteiger partial charge in [0.25, 0.3) is 0 Å². The van der Waals surface area contributed by atoms with Gasteiger partial charge in [0, 0.05) is 24.5 Å². The van der Waals surface area contributed by atoms with Crippen molar-refractivity contribution in [3.63, 3.8) is 0 Å². The summed E-state index contributed by atoms with van der Waals surface area (Å²) >= 11 is 0. The molecule has 29 heavy (non-hydrogen) atoms. The molecule has 1 aliphatic heterocycles. The van der Waals surface area contributed by atoms with Crippen LogP contribution < -0.4 is 4.74 Å². The molecule has 0 saturated heterocycles. The summed E-state index contributed by atoms with van der Waals surface area (Å²) in [5.74, 6) is 1.12. The zero-order valence-corrected chi connectivity index (χ0v) is 15.3. The lowest BCUT2D eigenvalue weighted by Gasteiger charge is -2.24. The zero-order valence-electron chi connectivity index (χ0n) is 15.3. The Balaban J connectivity index is 1.62. The number of fused-ring (bicyclic) bond motifs is 1. The Morgan fingerprint density at radius 2 is 1.72 bits per heavy atom. The number of benzene rings is 2. The van der Waals surface area contributed by atoms with Gasteiger partial charge >= 0.3 is 6.18 Å². The van der Waals surface area contributed by atoms with E-state index >= 15 is 0 Å². The second-order valence-electron chi connectivity index (χ2n) is 6.69. The van der Waals surface area contributed by atoms with Crippen molar-refractivity contribution >= 4 is 0 Å². The first-order valence-electron chi connectivity index (χ1n) is 9.04. The molecule has 1 atom stereocenters. The quantitative estimate of drug-likeness (QED) is 0.718. The van der Waals surface area contributed by atoms with Gasteiger partial charge < -0.3 is 9.84 Å². The molecule has 0 bridgehead atoms. The molecule has 0 fully saturated rings. The third-order valence-electron chi connectivity index (χ3n) is 4.78. The summed E-state index contributed by atoms with van der Waals surface area (Å²) in [6, 6.07) is 11.9. The highest BCUT2D eigenvalue weighted by Crippen LogP contribution is 2.36. The lowest BCUT2D eigenvalue weighted by molar-refractivity contribution is -0.137. The van der Waals surface area contributed by atoms with E-state index in [1.54, 1.807) is 41.6 Å². The fourth-order valence-corrected chi connectivity index (χ4v) is 3.26. The monoisotopic (exact) mass is 401 g/mol. The van der Waals surface area contributed by atoms with Gasteiger partial charge in [-0.05, 0) is 41.5 Å². The molecule has 3 aromatic rings. The highest BCUT2D eigenvalue weighted by Gasteiger charge is 2.30. The molecule has 1 aliphatic rings. The van der Waals surface area contributed by atoms with Crippen LogP contribution in [0, 0.1) is 0 Å². The van der Waals surface area contributed by atoms with E-state index in [0.717, 1.165) is 12.1 Å². The van der Waals surface area contributed by atoms with Crippen LogP contribution in [0.25, 0.3) is 11.1 Å². The van der Waals surface area contributed by atoms with Crippen LogP contribution in [0.4, 0.5) is 13.2 Å². The Kier molecular flexibility index (Phi) is 5.21. The zero-order chi connectivity index (χ0) is 20.4. The maximum absolute atomic E-state index is 12.8. The molecular formula is C21H18F3N3O2. The van der Waals surface area contributed by atoms with E-state index in [1.807, 2.05) is 0 Å². The number of aliphatic hydroxyl groups excluding tert-OH is 1. The highest BCUT2D eigenvalue weighted by atomic mass is 19.4. The maximum Gasteiger partial charge on any atom is 0.416 e. The van der Waals surface area contributed by atoms with Crippen molar-refractivity contribution in [3.05, 3.63) is 77.9 Å². The Labute approximate surface area is 165 Å². The molecule has 0 radical (unpaired) electrons. The number of alkyl halides is 3. The molecule has 5 nitrogen and oxygen atoms in total. The fourth-order valence-electron chi connectivity index (χ4n) is 3.26. The largest absolute Gasteiger partial charge is 0.492 e. The first-order chi connectivity index (χ1) is 13.9. The van der Waals surface area contributed by atoms with Crippen molar-refractivity contribution in [2.45, 2.75) is 18.9 Å². The fraction of sp³-hybridized carbons (Fsp3) is 0.238. The van der Waals surface area contributed by atoms with Gasteiger partial charge in [-0.1, -0.05) is 18.2 Å². The standard InChI is InChI=1S/C21H18F3N3O2/c22-21(23,24)16-5-2-14(3-6-16)15-4-7-18-17(12-15)20(28)27(10-11-29-18)13-19-25-8-1-9-26-19/h1-9,12,20,28H,10-11,13H2. The third-order valence-corrected chi connectivity index (χ3v) is 4.78. The molecule has 1 N–H and O–H groups in total. The Hall–Kier alpha value is -2.97. The Morgan fingerprint density at radius 3 is 2.41 bits per heavy atom. The van der Waals surface area contributed by atoms with Crippen molar-refractivity contribution in [1.29, 1.82) is 0 Å². The van der Waals surface area contributed by atoms with Gasteiger partial charge in [0.05, 0.1) is 12.1 Å². The maximum atomic E-state index is 12.8. The van der Waals surface area contributed by atoms with E-state index in [9.17, 15) is 18.3 Å². The second kappa shape index (κ2) is 7.81. The second-order valence-corrected chi connectivity index (χ2v) is 6.69. The summed E-state index contributed by atoms with van der Waals surface area (Å²) in [5, 5.41) is 10.9. The molecule has 0 spiro atoms. The van der Waals surface area contributed by atoms with Crippen molar-refractivity contribution in [2.24, 2.45) is 0 Å². The smallest absolute Gasteiger partial charge is 0.416 e. The van der Waals surface area contributed by atoms with E-state index in [4.69, 9.17) is 4.74 Å². The van der Waals surface area contributed by atoms with Gasteiger partial charge in [-0.2, -0.15) is 13.2 Å². The highest BCUT2D eigenvalue weighted by molar-refractivity contribution is 5.66. The van der Waals surface area contributed by atoms with Gasteiger partial charge in [0.1, 0.15) is 24.4 Å². The molecule has 0 saturated carbocycles. The van der Waals surface area contributed by atoms with Crippen LogP contribution in [0.15, 0.2) is 60.9 Å². The molecule has 0 aliphatic carbocycles. The number of aromatic nitrogens is 2. The molecule has 2 heterocycles. The Bertz CT molecular complexity index is 979. The molecule has 4 rings (SSSR count).